The average Bonchev–Trinajstić information content (AvgIpc) is 3.36. The lowest BCUT2D eigenvalue weighted by atomic mass is 10.0. The van der Waals surface area contributed by atoms with E-state index in [1.54, 1.807) is 19.2 Å². The maximum Gasteiger partial charge on any atom is 0.227 e. The van der Waals surface area contributed by atoms with Gasteiger partial charge >= 0.3 is 0 Å². The van der Waals surface area contributed by atoms with E-state index < -0.39 is 0 Å². The Hall–Kier alpha value is -1.13. The van der Waals surface area contributed by atoms with Crippen molar-refractivity contribution in [1.82, 2.24) is 15.1 Å². The summed E-state index contributed by atoms with van der Waals surface area (Å²) in [6.45, 7) is 6.54. The van der Waals surface area contributed by atoms with E-state index in [2.05, 4.69) is 22.3 Å². The van der Waals surface area contributed by atoms with Crippen LogP contribution in [-0.2, 0) is 25.4 Å². The largest absolute Gasteiger partial charge is 0.382 e. The Labute approximate surface area is 255 Å². The monoisotopic (exact) mass is 623 g/mol. The predicted molar refractivity (Wildman–Crippen MR) is 163 cm³/mol. The summed E-state index contributed by atoms with van der Waals surface area (Å²) in [5.41, 5.74) is 1.98. The molecule has 1 amide bonds. The second-order valence-electron chi connectivity index (χ2n) is 9.27. The van der Waals surface area contributed by atoms with Gasteiger partial charge in [0.25, 0.3) is 0 Å². The number of nitrogens with zero attached hydrogens (tertiary/aromatic N) is 2. The van der Waals surface area contributed by atoms with E-state index in [1.165, 1.54) is 0 Å². The molecule has 3 rings (SSSR count). The molecule has 1 aliphatic heterocycles. The van der Waals surface area contributed by atoms with Crippen LogP contribution in [0, 0.1) is 0 Å². The molecule has 0 spiro atoms. The summed E-state index contributed by atoms with van der Waals surface area (Å²) < 4.78 is 16.0. The summed E-state index contributed by atoms with van der Waals surface area (Å²) in [5.74, 6) is 0.0458. The van der Waals surface area contributed by atoms with E-state index in [0.717, 1.165) is 43.7 Å². The highest BCUT2D eigenvalue weighted by atomic mass is 35.5. The van der Waals surface area contributed by atoms with Crippen molar-refractivity contribution in [3.05, 3.63) is 69.7 Å². The SMILES string of the molecule is COCCOCCOCCNC1CCN(C[C@H](c2ccccc2)N(C)C(=O)Cc2ccc(Cl)c(Cl)c2)C1.Cl.Cl. The molecular formula is C28H41Cl4N3O4. The molecule has 1 aliphatic rings. The normalized spacial score (nSPS) is 15.8. The number of ether oxygens (including phenoxy) is 3. The molecule has 1 fully saturated rings. The quantitative estimate of drug-likeness (QED) is 0.268. The molecule has 1 saturated heterocycles. The van der Waals surface area contributed by atoms with Gasteiger partial charge in [-0.25, -0.2) is 0 Å². The lowest BCUT2D eigenvalue weighted by Crippen LogP contribution is -2.41. The van der Waals surface area contributed by atoms with Gasteiger partial charge in [0, 0.05) is 39.8 Å². The van der Waals surface area contributed by atoms with E-state index in [9.17, 15) is 4.79 Å². The van der Waals surface area contributed by atoms with Crippen LogP contribution in [0.2, 0.25) is 10.0 Å². The van der Waals surface area contributed by atoms with Crippen LogP contribution in [0.1, 0.15) is 23.6 Å². The van der Waals surface area contributed by atoms with Crippen molar-refractivity contribution in [3.63, 3.8) is 0 Å². The summed E-state index contributed by atoms with van der Waals surface area (Å²) in [6.07, 6.45) is 1.35. The fraction of sp³-hybridized carbons (Fsp3) is 0.536. The molecule has 0 aliphatic carbocycles. The number of carbonyl (C=O) groups is 1. The topological polar surface area (TPSA) is 63.3 Å². The first-order valence-corrected chi connectivity index (χ1v) is 13.6. The molecule has 7 nitrogen and oxygen atoms in total. The van der Waals surface area contributed by atoms with E-state index in [1.807, 2.05) is 36.2 Å². The number of hydrogen-bond acceptors (Lipinski definition) is 6. The van der Waals surface area contributed by atoms with Crippen LogP contribution in [0.25, 0.3) is 0 Å². The molecule has 39 heavy (non-hydrogen) atoms. The van der Waals surface area contributed by atoms with E-state index in [0.29, 0.717) is 49.1 Å². The number of likely N-dealkylation sites (tertiary alicyclic amines) is 1. The molecule has 11 heteroatoms. The standard InChI is InChI=1S/C28H39Cl2N3O4.2ClH/c1-32(28(34)19-22-8-9-25(29)26(30)18-22)27(23-6-4-3-5-7-23)21-33-12-10-24(20-33)31-11-13-36-16-17-37-15-14-35-2;;/h3-9,18,24,27,31H,10-17,19-21H2,1-2H3;2*1H/t24?,27-;;/m1../s1. The Kier molecular flexibility index (Phi) is 18.3. The molecule has 1 N–H and O–H groups in total. The van der Waals surface area contributed by atoms with Crippen LogP contribution in [-0.4, -0.2) is 95.1 Å². The molecule has 1 heterocycles. The number of nitrogens with one attached hydrogen (secondary N) is 1. The summed E-state index contributed by atoms with van der Waals surface area (Å²) in [4.78, 5) is 17.5. The van der Waals surface area contributed by atoms with E-state index in [4.69, 9.17) is 37.4 Å². The van der Waals surface area contributed by atoms with Crippen LogP contribution < -0.4 is 5.32 Å². The number of amides is 1. The number of rotatable bonds is 16. The van der Waals surface area contributed by atoms with Crippen molar-refractivity contribution in [1.29, 1.82) is 0 Å². The minimum Gasteiger partial charge on any atom is -0.382 e. The lowest BCUT2D eigenvalue weighted by molar-refractivity contribution is -0.131. The maximum atomic E-state index is 13.3. The molecule has 2 aromatic rings. The number of methoxy groups -OCH3 is 1. The number of likely N-dealkylation sites (N-methyl/N-ethyl adjacent to an activating group) is 1. The third-order valence-electron chi connectivity index (χ3n) is 6.57. The second kappa shape index (κ2) is 19.9. The average molecular weight is 625 g/mol. The molecule has 0 bridgehead atoms. The smallest absolute Gasteiger partial charge is 0.227 e. The summed E-state index contributed by atoms with van der Waals surface area (Å²) in [6, 6.07) is 16.0. The zero-order valence-corrected chi connectivity index (χ0v) is 25.8. The first kappa shape index (κ1) is 35.9. The number of hydrogen-bond donors (Lipinski definition) is 1. The Morgan fingerprint density at radius 1 is 1.03 bits per heavy atom. The van der Waals surface area contributed by atoms with Gasteiger partial charge in [0.1, 0.15) is 0 Å². The molecule has 2 aromatic carbocycles. The zero-order valence-electron chi connectivity index (χ0n) is 22.7. The minimum absolute atomic E-state index is 0. The maximum absolute atomic E-state index is 13.3. The Balaban J connectivity index is 0.00000380. The highest BCUT2D eigenvalue weighted by Gasteiger charge is 2.28. The third kappa shape index (κ3) is 12.5. The fourth-order valence-corrected chi connectivity index (χ4v) is 4.78. The first-order valence-electron chi connectivity index (χ1n) is 12.8. The summed E-state index contributed by atoms with van der Waals surface area (Å²) >= 11 is 12.2. The number of halogens is 4. The highest BCUT2D eigenvalue weighted by molar-refractivity contribution is 6.42. The second-order valence-corrected chi connectivity index (χ2v) is 10.1. The Morgan fingerprint density at radius 3 is 2.41 bits per heavy atom. The van der Waals surface area contributed by atoms with E-state index >= 15 is 0 Å². The van der Waals surface area contributed by atoms with Gasteiger partial charge < -0.3 is 24.4 Å². The van der Waals surface area contributed by atoms with Crippen molar-refractivity contribution < 1.29 is 19.0 Å². The molecule has 1 unspecified atom stereocenters. The molecule has 220 valence electrons. The van der Waals surface area contributed by atoms with Crippen molar-refractivity contribution in [3.8, 4) is 0 Å². The van der Waals surface area contributed by atoms with Crippen LogP contribution in [0.15, 0.2) is 48.5 Å². The van der Waals surface area contributed by atoms with Crippen molar-refractivity contribution in [2.45, 2.75) is 24.9 Å². The van der Waals surface area contributed by atoms with Crippen molar-refractivity contribution >= 4 is 53.9 Å². The lowest BCUT2D eigenvalue weighted by Gasteiger charge is -2.32. The fourth-order valence-electron chi connectivity index (χ4n) is 4.46. The number of benzene rings is 2. The van der Waals surface area contributed by atoms with Crippen LogP contribution in [0.3, 0.4) is 0 Å². The van der Waals surface area contributed by atoms with Crippen LogP contribution >= 0.6 is 48.0 Å². The Morgan fingerprint density at radius 2 is 1.72 bits per heavy atom. The molecule has 0 saturated carbocycles. The van der Waals surface area contributed by atoms with Crippen molar-refractivity contribution in [2.75, 3.05) is 73.4 Å². The number of carbonyl (C=O) groups excluding carboxylic acids is 1. The molecule has 2 atom stereocenters. The highest BCUT2D eigenvalue weighted by Crippen LogP contribution is 2.26. The van der Waals surface area contributed by atoms with Gasteiger partial charge in [-0.1, -0.05) is 59.6 Å². The van der Waals surface area contributed by atoms with Gasteiger partial charge in [-0.05, 0) is 36.2 Å². The third-order valence-corrected chi connectivity index (χ3v) is 7.31. The van der Waals surface area contributed by atoms with Crippen molar-refractivity contribution in [2.24, 2.45) is 0 Å². The Bertz CT molecular complexity index is 958. The van der Waals surface area contributed by atoms with Gasteiger partial charge in [0.05, 0.1) is 55.5 Å². The zero-order chi connectivity index (χ0) is 26.5. The van der Waals surface area contributed by atoms with Crippen LogP contribution in [0.4, 0.5) is 0 Å². The van der Waals surface area contributed by atoms with Gasteiger partial charge in [-0.3, -0.25) is 9.69 Å². The first-order chi connectivity index (χ1) is 18.0. The van der Waals surface area contributed by atoms with E-state index in [-0.39, 0.29) is 43.2 Å². The molecular weight excluding hydrogens is 584 g/mol. The minimum atomic E-state index is -0.0448. The van der Waals surface area contributed by atoms with Gasteiger partial charge in [0.15, 0.2) is 0 Å². The predicted octanol–water partition coefficient (Wildman–Crippen LogP) is 4.92. The summed E-state index contributed by atoms with van der Waals surface area (Å²) in [7, 11) is 3.55. The summed E-state index contributed by atoms with van der Waals surface area (Å²) in [5, 5.41) is 4.55. The van der Waals surface area contributed by atoms with Gasteiger partial charge in [-0.2, -0.15) is 0 Å². The molecule has 0 radical (unpaired) electrons. The van der Waals surface area contributed by atoms with Crippen LogP contribution in [0.5, 0.6) is 0 Å². The van der Waals surface area contributed by atoms with Gasteiger partial charge in [-0.15, -0.1) is 24.8 Å². The van der Waals surface area contributed by atoms with Gasteiger partial charge in [0.2, 0.25) is 5.91 Å². The molecule has 0 aromatic heterocycles.